The van der Waals surface area contributed by atoms with Gasteiger partial charge in [-0.3, -0.25) is 0 Å². The van der Waals surface area contributed by atoms with Gasteiger partial charge in [0.05, 0.1) is 4.90 Å². The summed E-state index contributed by atoms with van der Waals surface area (Å²) in [4.78, 5) is 4.27. The fraction of sp³-hybridized carbons (Fsp3) is 0.125. The Bertz CT molecular complexity index is 1340. The summed E-state index contributed by atoms with van der Waals surface area (Å²) in [6.45, 7) is 5.80. The highest BCUT2D eigenvalue weighted by Crippen LogP contribution is 2.35. The second-order valence-corrected chi connectivity index (χ2v) is 9.29. The quantitative estimate of drug-likeness (QED) is 0.390. The van der Waals surface area contributed by atoms with Crippen LogP contribution in [0.25, 0.3) is 11.5 Å². The molecule has 0 saturated heterocycles. The van der Waals surface area contributed by atoms with Gasteiger partial charge in [-0.25, -0.2) is 12.8 Å². The molecule has 1 aromatic heterocycles. The summed E-state index contributed by atoms with van der Waals surface area (Å²) in [5.74, 6) is -0.327. The van der Waals surface area contributed by atoms with Crippen LogP contribution in [-0.4, -0.2) is 13.4 Å². The summed E-state index contributed by atoms with van der Waals surface area (Å²) < 4.78 is 45.9. The standard InChI is InChI=1S/C24H21FN2O3S/c1-15-12-16(2)14-19(13-15)26-23-24(31(28,29)20-10-8-18(25)9-11-20)27-22(30-23)21-7-5-4-6-17(21)3/h4-14,26H,1-3H3. The van der Waals surface area contributed by atoms with Crippen LogP contribution < -0.4 is 5.32 Å². The number of anilines is 2. The first-order valence-corrected chi connectivity index (χ1v) is 11.1. The third-order valence-corrected chi connectivity index (χ3v) is 6.51. The zero-order chi connectivity index (χ0) is 22.2. The summed E-state index contributed by atoms with van der Waals surface area (Å²) >= 11 is 0. The van der Waals surface area contributed by atoms with Crippen LogP contribution in [0.4, 0.5) is 16.0 Å². The number of nitrogens with one attached hydrogen (secondary N) is 1. The lowest BCUT2D eigenvalue weighted by Gasteiger charge is -2.08. The molecule has 31 heavy (non-hydrogen) atoms. The molecule has 5 nitrogen and oxygen atoms in total. The molecule has 4 aromatic rings. The molecule has 0 saturated carbocycles. The number of hydrogen-bond donors (Lipinski definition) is 1. The van der Waals surface area contributed by atoms with Crippen LogP contribution >= 0.6 is 0 Å². The van der Waals surface area contributed by atoms with Crippen molar-refractivity contribution in [2.75, 3.05) is 5.32 Å². The molecule has 0 unspecified atom stereocenters. The van der Waals surface area contributed by atoms with Crippen molar-refractivity contribution in [2.24, 2.45) is 0 Å². The first-order chi connectivity index (χ1) is 14.7. The minimum absolute atomic E-state index is 0.00702. The molecule has 0 fully saturated rings. The fourth-order valence-corrected chi connectivity index (χ4v) is 4.66. The summed E-state index contributed by atoms with van der Waals surface area (Å²) in [5, 5.41) is 2.82. The van der Waals surface area contributed by atoms with Gasteiger partial charge in [-0.1, -0.05) is 24.3 Å². The number of aromatic nitrogens is 1. The van der Waals surface area contributed by atoms with E-state index in [-0.39, 0.29) is 21.7 Å². The van der Waals surface area contributed by atoms with E-state index in [2.05, 4.69) is 10.3 Å². The first kappa shape index (κ1) is 20.8. The molecular weight excluding hydrogens is 415 g/mol. The third kappa shape index (κ3) is 4.22. The molecule has 3 aromatic carbocycles. The third-order valence-electron chi connectivity index (χ3n) is 4.83. The van der Waals surface area contributed by atoms with Crippen molar-refractivity contribution in [1.82, 2.24) is 4.98 Å². The molecule has 0 atom stereocenters. The molecule has 7 heteroatoms. The molecule has 0 aliphatic rings. The Balaban J connectivity index is 1.88. The van der Waals surface area contributed by atoms with Crippen molar-refractivity contribution in [3.8, 4) is 11.5 Å². The van der Waals surface area contributed by atoms with Gasteiger partial charge in [-0.05, 0) is 79.9 Å². The largest absolute Gasteiger partial charge is 0.419 e. The molecule has 0 aliphatic heterocycles. The van der Waals surface area contributed by atoms with Gasteiger partial charge in [0.2, 0.25) is 26.6 Å². The van der Waals surface area contributed by atoms with Gasteiger partial charge in [0.25, 0.3) is 0 Å². The molecule has 4 rings (SSSR count). The highest BCUT2D eigenvalue weighted by atomic mass is 32.2. The number of halogens is 1. The van der Waals surface area contributed by atoms with Crippen LogP contribution in [0.2, 0.25) is 0 Å². The van der Waals surface area contributed by atoms with Crippen molar-refractivity contribution >= 4 is 21.4 Å². The van der Waals surface area contributed by atoms with E-state index in [9.17, 15) is 12.8 Å². The lowest BCUT2D eigenvalue weighted by atomic mass is 10.1. The Labute approximate surface area is 180 Å². The minimum atomic E-state index is -4.06. The maximum atomic E-state index is 13.3. The van der Waals surface area contributed by atoms with Crippen LogP contribution in [0.5, 0.6) is 0 Å². The zero-order valence-electron chi connectivity index (χ0n) is 17.3. The Morgan fingerprint density at radius 2 is 1.55 bits per heavy atom. The summed E-state index contributed by atoms with van der Waals surface area (Å²) in [6.07, 6.45) is 0. The number of benzene rings is 3. The number of nitrogens with zero attached hydrogens (tertiary/aromatic N) is 1. The Hall–Kier alpha value is -3.45. The lowest BCUT2D eigenvalue weighted by Crippen LogP contribution is -2.06. The van der Waals surface area contributed by atoms with Crippen molar-refractivity contribution < 1.29 is 17.2 Å². The van der Waals surface area contributed by atoms with Gasteiger partial charge in [0.15, 0.2) is 0 Å². The van der Waals surface area contributed by atoms with E-state index in [4.69, 9.17) is 4.42 Å². The Morgan fingerprint density at radius 1 is 0.903 bits per heavy atom. The van der Waals surface area contributed by atoms with Crippen LogP contribution in [0, 0.1) is 26.6 Å². The van der Waals surface area contributed by atoms with E-state index in [0.29, 0.717) is 11.3 Å². The number of hydrogen-bond acceptors (Lipinski definition) is 5. The summed E-state index contributed by atoms with van der Waals surface area (Å²) in [5.41, 5.74) is 4.30. The molecule has 0 radical (unpaired) electrons. The van der Waals surface area contributed by atoms with Crippen molar-refractivity contribution in [2.45, 2.75) is 30.7 Å². The number of rotatable bonds is 5. The van der Waals surface area contributed by atoms with E-state index in [1.807, 2.05) is 63.2 Å². The van der Waals surface area contributed by atoms with E-state index in [1.165, 1.54) is 12.1 Å². The van der Waals surface area contributed by atoms with Crippen LogP contribution in [0.15, 0.2) is 81.1 Å². The predicted molar refractivity (Wildman–Crippen MR) is 118 cm³/mol. The molecule has 1 N–H and O–H groups in total. The van der Waals surface area contributed by atoms with Crippen molar-refractivity contribution in [1.29, 1.82) is 0 Å². The van der Waals surface area contributed by atoms with Gasteiger partial charge in [-0.2, -0.15) is 4.98 Å². The zero-order valence-corrected chi connectivity index (χ0v) is 18.1. The Morgan fingerprint density at radius 3 is 2.19 bits per heavy atom. The predicted octanol–water partition coefficient (Wildman–Crippen LogP) is 5.98. The van der Waals surface area contributed by atoms with Gasteiger partial charge in [0.1, 0.15) is 5.82 Å². The van der Waals surface area contributed by atoms with Crippen molar-refractivity contribution in [3.63, 3.8) is 0 Å². The molecule has 0 spiro atoms. The van der Waals surface area contributed by atoms with E-state index >= 15 is 0 Å². The second-order valence-electron chi connectivity index (χ2n) is 7.43. The molecular formula is C24H21FN2O3S. The summed E-state index contributed by atoms with van der Waals surface area (Å²) in [7, 11) is -4.06. The number of oxazole rings is 1. The molecule has 1 heterocycles. The van der Waals surface area contributed by atoms with E-state index < -0.39 is 15.7 Å². The number of sulfone groups is 1. The molecule has 0 bridgehead atoms. The van der Waals surface area contributed by atoms with E-state index in [0.717, 1.165) is 28.8 Å². The monoisotopic (exact) mass is 436 g/mol. The SMILES string of the molecule is Cc1cc(C)cc(Nc2oc(-c3ccccc3C)nc2S(=O)(=O)c2ccc(F)cc2)c1. The first-order valence-electron chi connectivity index (χ1n) is 9.67. The van der Waals surface area contributed by atoms with Crippen LogP contribution in [0.1, 0.15) is 16.7 Å². The average Bonchev–Trinajstić information content (AvgIpc) is 3.12. The van der Waals surface area contributed by atoms with Crippen LogP contribution in [-0.2, 0) is 9.84 Å². The summed E-state index contributed by atoms with van der Waals surface area (Å²) in [6, 6.07) is 17.8. The number of aryl methyl sites for hydroxylation is 3. The smallest absolute Gasteiger partial charge is 0.238 e. The van der Waals surface area contributed by atoms with Crippen LogP contribution in [0.3, 0.4) is 0 Å². The van der Waals surface area contributed by atoms with E-state index in [1.54, 1.807) is 0 Å². The van der Waals surface area contributed by atoms with Gasteiger partial charge in [0, 0.05) is 11.3 Å². The highest BCUT2D eigenvalue weighted by molar-refractivity contribution is 7.91. The van der Waals surface area contributed by atoms with Gasteiger partial charge >= 0.3 is 0 Å². The molecule has 0 aliphatic carbocycles. The molecule has 0 amide bonds. The Kier molecular flexibility index (Phi) is 5.37. The molecule has 158 valence electrons. The van der Waals surface area contributed by atoms with Gasteiger partial charge in [-0.15, -0.1) is 0 Å². The minimum Gasteiger partial charge on any atom is -0.419 e. The lowest BCUT2D eigenvalue weighted by molar-refractivity contribution is 0.581. The van der Waals surface area contributed by atoms with Crippen molar-refractivity contribution in [3.05, 3.63) is 89.2 Å². The topological polar surface area (TPSA) is 72.2 Å². The normalized spacial score (nSPS) is 11.5. The highest BCUT2D eigenvalue weighted by Gasteiger charge is 2.29. The second kappa shape index (κ2) is 8.00. The average molecular weight is 437 g/mol. The fourth-order valence-electron chi connectivity index (χ4n) is 3.40. The van der Waals surface area contributed by atoms with Gasteiger partial charge < -0.3 is 9.73 Å². The maximum absolute atomic E-state index is 13.3. The maximum Gasteiger partial charge on any atom is 0.238 e.